The van der Waals surface area contributed by atoms with Crippen LogP contribution in [-0.4, -0.2) is 51.7 Å². The topological polar surface area (TPSA) is 90.0 Å². The molecule has 3 aromatic carbocycles. The molecule has 4 aromatic rings. The summed E-state index contributed by atoms with van der Waals surface area (Å²) in [6, 6.07) is 15.0. The van der Waals surface area contributed by atoms with E-state index in [-0.39, 0.29) is 22.3 Å². The van der Waals surface area contributed by atoms with Gasteiger partial charge in [-0.15, -0.1) is 0 Å². The number of ether oxygens (including phenoxy) is 3. The molecule has 0 saturated carbocycles. The number of nitrogens with zero attached hydrogens (tertiary/aromatic N) is 2. The number of hydrogen-bond donors (Lipinski definition) is 1. The van der Waals surface area contributed by atoms with Gasteiger partial charge in [-0.25, -0.2) is 13.4 Å². The molecule has 1 fully saturated rings. The number of rotatable bonds is 11. The Morgan fingerprint density at radius 2 is 1.78 bits per heavy atom. The normalized spacial score (nSPS) is 14.8. The van der Waals surface area contributed by atoms with Crippen LogP contribution in [0.2, 0.25) is 5.02 Å². The summed E-state index contributed by atoms with van der Waals surface area (Å²) in [6.07, 6.45) is -1.56. The smallest absolute Gasteiger partial charge is 0.417 e. The molecule has 0 atom stereocenters. The first-order valence-electron chi connectivity index (χ1n) is 14.4. The van der Waals surface area contributed by atoms with Crippen LogP contribution in [0.3, 0.4) is 0 Å². The molecule has 1 saturated heterocycles. The third-order valence-electron chi connectivity index (χ3n) is 7.59. The second-order valence-corrected chi connectivity index (χ2v) is 13.0. The summed E-state index contributed by atoms with van der Waals surface area (Å²) in [7, 11) is -3.08. The number of fused-ring (bicyclic) bond motifs is 1. The SMILES string of the molecule is COc1cc2ccc(Oc3ccc(Cl)c(NS(=O)(=O)c4ccccc4C(F)(F)F)c3)nc2cc1OCCCN1CCC(C)CC1. The summed E-state index contributed by atoms with van der Waals surface area (Å²) < 4.78 is 86.0. The highest BCUT2D eigenvalue weighted by molar-refractivity contribution is 7.92. The Kier molecular flexibility index (Phi) is 9.95. The minimum Gasteiger partial charge on any atom is -0.493 e. The molecule has 0 amide bonds. The highest BCUT2D eigenvalue weighted by atomic mass is 35.5. The number of aromatic nitrogens is 1. The van der Waals surface area contributed by atoms with E-state index in [9.17, 15) is 21.6 Å². The van der Waals surface area contributed by atoms with Crippen LogP contribution < -0.4 is 18.9 Å². The molecule has 45 heavy (non-hydrogen) atoms. The second-order valence-electron chi connectivity index (χ2n) is 10.9. The highest BCUT2D eigenvalue weighted by Gasteiger charge is 2.37. The molecule has 5 rings (SSSR count). The number of hydrogen-bond acceptors (Lipinski definition) is 7. The maximum Gasteiger partial charge on any atom is 0.417 e. The number of nitrogens with one attached hydrogen (secondary N) is 1. The Balaban J connectivity index is 1.30. The summed E-state index contributed by atoms with van der Waals surface area (Å²) in [5.41, 5.74) is -0.878. The molecular weight excluding hydrogens is 631 g/mol. The molecule has 1 aromatic heterocycles. The van der Waals surface area contributed by atoms with Crippen molar-refractivity contribution in [3.63, 3.8) is 0 Å². The van der Waals surface area contributed by atoms with Gasteiger partial charge in [-0.3, -0.25) is 4.72 Å². The highest BCUT2D eigenvalue weighted by Crippen LogP contribution is 2.37. The van der Waals surface area contributed by atoms with Gasteiger partial charge in [0.15, 0.2) is 11.5 Å². The van der Waals surface area contributed by atoms with E-state index >= 15 is 0 Å². The van der Waals surface area contributed by atoms with E-state index < -0.39 is 26.7 Å². The van der Waals surface area contributed by atoms with Gasteiger partial charge in [0.2, 0.25) is 5.88 Å². The monoisotopic (exact) mass is 663 g/mol. The van der Waals surface area contributed by atoms with Crippen LogP contribution >= 0.6 is 11.6 Å². The van der Waals surface area contributed by atoms with Crippen LogP contribution in [0, 0.1) is 5.92 Å². The molecular formula is C32H33ClF3N3O5S. The van der Waals surface area contributed by atoms with Crippen LogP contribution in [0.25, 0.3) is 10.9 Å². The maximum atomic E-state index is 13.5. The number of alkyl halides is 3. The zero-order valence-corrected chi connectivity index (χ0v) is 26.3. The van der Waals surface area contributed by atoms with E-state index in [2.05, 4.69) is 21.5 Å². The van der Waals surface area contributed by atoms with Crippen molar-refractivity contribution >= 4 is 38.2 Å². The van der Waals surface area contributed by atoms with E-state index in [4.69, 9.17) is 25.8 Å². The van der Waals surface area contributed by atoms with E-state index in [0.29, 0.717) is 29.7 Å². The number of sulfonamides is 1. The van der Waals surface area contributed by atoms with Gasteiger partial charge in [0.1, 0.15) is 5.75 Å². The van der Waals surface area contributed by atoms with Gasteiger partial charge in [-0.1, -0.05) is 30.7 Å². The Labute approximate surface area is 265 Å². The minimum absolute atomic E-state index is 0.0365. The third kappa shape index (κ3) is 8.11. The molecule has 0 aliphatic carbocycles. The average molecular weight is 664 g/mol. The Morgan fingerprint density at radius 3 is 2.51 bits per heavy atom. The molecule has 0 spiro atoms. The van der Waals surface area contributed by atoms with Crippen molar-refractivity contribution < 1.29 is 35.8 Å². The lowest BCUT2D eigenvalue weighted by atomic mass is 9.99. The van der Waals surface area contributed by atoms with E-state index in [0.717, 1.165) is 49.5 Å². The zero-order valence-electron chi connectivity index (χ0n) is 24.7. The number of anilines is 1. The van der Waals surface area contributed by atoms with E-state index in [1.165, 1.54) is 37.1 Å². The maximum absolute atomic E-state index is 13.5. The molecule has 2 heterocycles. The predicted molar refractivity (Wildman–Crippen MR) is 167 cm³/mol. The van der Waals surface area contributed by atoms with Crippen molar-refractivity contribution in [2.45, 2.75) is 37.3 Å². The van der Waals surface area contributed by atoms with Gasteiger partial charge in [-0.2, -0.15) is 13.2 Å². The van der Waals surface area contributed by atoms with Crippen LogP contribution in [0.15, 0.2) is 71.6 Å². The van der Waals surface area contributed by atoms with Crippen molar-refractivity contribution in [1.29, 1.82) is 0 Å². The Morgan fingerprint density at radius 1 is 1.02 bits per heavy atom. The van der Waals surface area contributed by atoms with Crippen LogP contribution in [0.1, 0.15) is 31.7 Å². The zero-order chi connectivity index (χ0) is 32.2. The molecule has 1 aliphatic rings. The van der Waals surface area contributed by atoms with Crippen LogP contribution in [0.5, 0.6) is 23.1 Å². The van der Waals surface area contributed by atoms with Crippen molar-refractivity contribution in [3.8, 4) is 23.1 Å². The summed E-state index contributed by atoms with van der Waals surface area (Å²) in [5.74, 6) is 2.25. The fourth-order valence-electron chi connectivity index (χ4n) is 5.10. The first kappa shape index (κ1) is 32.6. The largest absolute Gasteiger partial charge is 0.493 e. The predicted octanol–water partition coefficient (Wildman–Crippen LogP) is 8.01. The van der Waals surface area contributed by atoms with Gasteiger partial charge < -0.3 is 19.1 Å². The molecule has 8 nitrogen and oxygen atoms in total. The Hall–Kier alpha value is -3.74. The van der Waals surface area contributed by atoms with E-state index in [1.54, 1.807) is 25.3 Å². The fourth-order valence-corrected chi connectivity index (χ4v) is 6.62. The number of likely N-dealkylation sites (tertiary alicyclic amines) is 1. The van der Waals surface area contributed by atoms with Gasteiger partial charge in [0.05, 0.1) is 40.4 Å². The third-order valence-corrected chi connectivity index (χ3v) is 9.34. The van der Waals surface area contributed by atoms with E-state index in [1.807, 2.05) is 6.07 Å². The molecule has 0 unspecified atom stereocenters. The van der Waals surface area contributed by atoms with Gasteiger partial charge in [0.25, 0.3) is 10.0 Å². The molecule has 1 N–H and O–H groups in total. The molecule has 1 aliphatic heterocycles. The van der Waals surface area contributed by atoms with Crippen LogP contribution in [-0.2, 0) is 16.2 Å². The lowest BCUT2D eigenvalue weighted by Gasteiger charge is -2.30. The summed E-state index contributed by atoms with van der Waals surface area (Å²) >= 11 is 6.20. The van der Waals surface area contributed by atoms with Gasteiger partial charge >= 0.3 is 6.18 Å². The van der Waals surface area contributed by atoms with Crippen molar-refractivity contribution in [2.75, 3.05) is 38.1 Å². The lowest BCUT2D eigenvalue weighted by molar-refractivity contribution is -0.139. The summed E-state index contributed by atoms with van der Waals surface area (Å²) in [4.78, 5) is 6.10. The fraction of sp³-hybridized carbons (Fsp3) is 0.344. The number of pyridine rings is 1. The number of halogens is 4. The molecule has 13 heteroatoms. The van der Waals surface area contributed by atoms with Crippen molar-refractivity contribution in [1.82, 2.24) is 9.88 Å². The summed E-state index contributed by atoms with van der Waals surface area (Å²) in [5, 5.41) is 0.743. The standard InChI is InChI=1S/C32H33ClF3N3O5S/c1-21-12-15-39(16-13-21)14-5-17-43-29-20-26-22(18-28(29)42-2)8-11-31(37-26)44-23-9-10-25(33)27(19-23)38-45(40,41)30-7-4-3-6-24(30)32(34,35)36/h3-4,6-11,18-21,38H,5,12-17H2,1-2H3. The van der Waals surface area contributed by atoms with Crippen molar-refractivity contribution in [3.05, 3.63) is 77.3 Å². The minimum atomic E-state index is -4.87. The first-order valence-corrected chi connectivity index (χ1v) is 16.3. The van der Waals surface area contributed by atoms with Crippen molar-refractivity contribution in [2.24, 2.45) is 5.92 Å². The van der Waals surface area contributed by atoms with Gasteiger partial charge in [-0.05, 0) is 74.7 Å². The summed E-state index contributed by atoms with van der Waals surface area (Å²) in [6.45, 7) is 5.99. The number of benzene rings is 3. The first-order chi connectivity index (χ1) is 21.4. The molecule has 240 valence electrons. The Bertz CT molecular complexity index is 1760. The van der Waals surface area contributed by atoms with Gasteiger partial charge in [0, 0.05) is 30.1 Å². The van der Waals surface area contributed by atoms with Crippen LogP contribution in [0.4, 0.5) is 18.9 Å². The number of piperidine rings is 1. The second kappa shape index (κ2) is 13.7. The average Bonchev–Trinajstić information content (AvgIpc) is 3.01. The number of methoxy groups -OCH3 is 1. The lowest BCUT2D eigenvalue weighted by Crippen LogP contribution is -2.34. The molecule has 0 bridgehead atoms. The molecule has 0 radical (unpaired) electrons. The quantitative estimate of drug-likeness (QED) is 0.163.